The molecule has 2 saturated carbocycles. The summed E-state index contributed by atoms with van der Waals surface area (Å²) in [6.07, 6.45) is 4.50. The molecule has 1 spiro atoms. The fourth-order valence-corrected chi connectivity index (χ4v) is 6.25. The number of carbonyl (C=O) groups is 2. The second kappa shape index (κ2) is 8.74. The third-order valence-corrected chi connectivity index (χ3v) is 7.98. The van der Waals surface area contributed by atoms with Crippen molar-refractivity contribution in [1.82, 2.24) is 4.57 Å². The van der Waals surface area contributed by atoms with Crippen LogP contribution in [0, 0.1) is 23.0 Å². The summed E-state index contributed by atoms with van der Waals surface area (Å²) < 4.78 is 24.6. The third kappa shape index (κ3) is 4.02. The highest BCUT2D eigenvalue weighted by atomic mass is 19.1. The number of rotatable bonds is 7. The SMILES string of the molecule is [2H]C1(C(=O)O)CC2(CC(CC(=O)c3ccc(F)c4ccn(Cc5ccc(-c6ccccc6)cc5)c34)C2)C1. The molecule has 182 valence electrons. The van der Waals surface area contributed by atoms with Crippen LogP contribution >= 0.6 is 0 Å². The monoisotopic (exact) mass is 482 g/mol. The van der Waals surface area contributed by atoms with Crippen LogP contribution in [-0.2, 0) is 11.3 Å². The lowest BCUT2D eigenvalue weighted by Crippen LogP contribution is -2.50. The van der Waals surface area contributed by atoms with E-state index in [0.29, 0.717) is 42.3 Å². The maximum absolute atomic E-state index is 14.7. The van der Waals surface area contributed by atoms with Crippen LogP contribution in [0.15, 0.2) is 79.0 Å². The van der Waals surface area contributed by atoms with Crippen molar-refractivity contribution in [2.24, 2.45) is 17.2 Å². The van der Waals surface area contributed by atoms with Crippen molar-refractivity contribution in [2.45, 2.75) is 38.6 Å². The van der Waals surface area contributed by atoms with E-state index in [1.54, 1.807) is 12.1 Å². The van der Waals surface area contributed by atoms with Crippen LogP contribution in [-0.4, -0.2) is 21.4 Å². The lowest BCUT2D eigenvalue weighted by molar-refractivity contribution is -0.157. The van der Waals surface area contributed by atoms with Crippen LogP contribution in [0.25, 0.3) is 22.0 Å². The van der Waals surface area contributed by atoms with Gasteiger partial charge in [0.05, 0.1) is 11.4 Å². The standard InChI is InChI=1S/C31H28FNO3/c32-27-11-10-26(28(34)14-21-15-31(16-21)17-24(18-31)30(35)36)29-25(27)12-13-33(29)19-20-6-8-23(9-7-20)22-4-2-1-3-5-22/h1-13,21,24H,14-19H2,(H,35,36)/i24D. The van der Waals surface area contributed by atoms with Crippen LogP contribution in [0.4, 0.5) is 4.39 Å². The molecule has 0 bridgehead atoms. The zero-order valence-electron chi connectivity index (χ0n) is 20.9. The van der Waals surface area contributed by atoms with Crippen molar-refractivity contribution in [3.8, 4) is 11.1 Å². The maximum atomic E-state index is 14.7. The number of Topliss-reactive ketones (excluding diaryl/α,β-unsaturated/α-hetero) is 1. The van der Waals surface area contributed by atoms with Gasteiger partial charge >= 0.3 is 5.97 Å². The summed E-state index contributed by atoms with van der Waals surface area (Å²) in [6, 6.07) is 23.1. The van der Waals surface area contributed by atoms with Gasteiger partial charge in [-0.3, -0.25) is 9.59 Å². The molecule has 4 nitrogen and oxygen atoms in total. The lowest BCUT2D eigenvalue weighted by atomic mass is 9.47. The fraction of sp³-hybridized carbons (Fsp3) is 0.290. The smallest absolute Gasteiger partial charge is 0.306 e. The summed E-state index contributed by atoms with van der Waals surface area (Å²) in [6.45, 7) is 0.523. The van der Waals surface area contributed by atoms with E-state index < -0.39 is 11.9 Å². The van der Waals surface area contributed by atoms with Gasteiger partial charge in [-0.1, -0.05) is 54.6 Å². The van der Waals surface area contributed by atoms with Crippen LogP contribution in [0.1, 0.15) is 49.4 Å². The molecule has 0 aliphatic heterocycles. The topological polar surface area (TPSA) is 59.3 Å². The highest BCUT2D eigenvalue weighted by molar-refractivity contribution is 6.07. The Labute approximate surface area is 210 Å². The predicted octanol–water partition coefficient (Wildman–Crippen LogP) is 6.96. The molecule has 4 aromatic rings. The van der Waals surface area contributed by atoms with Gasteiger partial charge in [0.1, 0.15) is 5.82 Å². The number of benzene rings is 3. The predicted molar refractivity (Wildman–Crippen MR) is 137 cm³/mol. The minimum atomic E-state index is -1.36. The summed E-state index contributed by atoms with van der Waals surface area (Å²) in [5, 5.41) is 9.67. The normalized spacial score (nSPS) is 25.2. The van der Waals surface area contributed by atoms with Gasteiger partial charge in [-0.2, -0.15) is 0 Å². The molecule has 0 amide bonds. The van der Waals surface area contributed by atoms with Crippen molar-refractivity contribution in [2.75, 3.05) is 0 Å². The van der Waals surface area contributed by atoms with Crippen LogP contribution in [0.5, 0.6) is 0 Å². The number of hydrogen-bond acceptors (Lipinski definition) is 2. The van der Waals surface area contributed by atoms with Crippen LogP contribution < -0.4 is 0 Å². The molecular formula is C31H28FNO3. The maximum Gasteiger partial charge on any atom is 0.306 e. The Morgan fingerprint density at radius 2 is 1.64 bits per heavy atom. The molecule has 1 N–H and O–H groups in total. The van der Waals surface area contributed by atoms with Crippen molar-refractivity contribution < 1.29 is 20.5 Å². The number of halogens is 1. The van der Waals surface area contributed by atoms with E-state index in [-0.39, 0.29) is 22.9 Å². The lowest BCUT2D eigenvalue weighted by Gasteiger charge is -2.56. The zero-order chi connectivity index (χ0) is 25.8. The van der Waals surface area contributed by atoms with Gasteiger partial charge in [0.2, 0.25) is 0 Å². The first-order valence-electron chi connectivity index (χ1n) is 12.9. The van der Waals surface area contributed by atoms with Gasteiger partial charge in [0.25, 0.3) is 0 Å². The molecule has 2 aliphatic rings. The third-order valence-electron chi connectivity index (χ3n) is 7.98. The first-order chi connectivity index (χ1) is 17.8. The number of aromatic nitrogens is 1. The highest BCUT2D eigenvalue weighted by Gasteiger charge is 2.54. The quantitative estimate of drug-likeness (QED) is 0.290. The minimum Gasteiger partial charge on any atom is -0.481 e. The summed E-state index contributed by atoms with van der Waals surface area (Å²) in [5.74, 6) is -2.60. The molecule has 6 rings (SSSR count). The van der Waals surface area contributed by atoms with Crippen molar-refractivity contribution in [1.29, 1.82) is 0 Å². The van der Waals surface area contributed by atoms with Crippen LogP contribution in [0.2, 0.25) is 0 Å². The first kappa shape index (κ1) is 21.5. The van der Waals surface area contributed by atoms with Gasteiger partial charge in [0, 0.05) is 31.5 Å². The number of carboxylic acids is 1. The molecule has 36 heavy (non-hydrogen) atoms. The molecule has 0 saturated heterocycles. The molecule has 1 aromatic heterocycles. The second-order valence-electron chi connectivity index (χ2n) is 10.5. The number of carboxylic acid groups (broad SMARTS) is 1. The summed E-state index contributed by atoms with van der Waals surface area (Å²) in [7, 11) is 0. The second-order valence-corrected chi connectivity index (χ2v) is 10.5. The van der Waals surface area contributed by atoms with Crippen molar-refractivity contribution >= 4 is 22.7 Å². The number of aliphatic carboxylic acids is 1. The number of hydrogen-bond donors (Lipinski definition) is 1. The zero-order valence-corrected chi connectivity index (χ0v) is 19.9. The summed E-state index contributed by atoms with van der Waals surface area (Å²) in [4.78, 5) is 24.6. The Balaban J connectivity index is 1.19. The van der Waals surface area contributed by atoms with Crippen LogP contribution in [0.3, 0.4) is 0 Å². The van der Waals surface area contributed by atoms with Gasteiger partial charge in [-0.15, -0.1) is 0 Å². The molecule has 3 aromatic carbocycles. The van der Waals surface area contributed by atoms with E-state index in [9.17, 15) is 19.1 Å². The molecule has 0 radical (unpaired) electrons. The number of nitrogens with zero attached hydrogens (tertiary/aromatic N) is 1. The summed E-state index contributed by atoms with van der Waals surface area (Å²) in [5.41, 5.74) is 4.38. The number of fused-ring (bicyclic) bond motifs is 1. The Bertz CT molecular complexity index is 1500. The van der Waals surface area contributed by atoms with E-state index in [4.69, 9.17) is 1.37 Å². The Morgan fingerprint density at radius 1 is 0.944 bits per heavy atom. The Hall–Kier alpha value is -3.73. The van der Waals surface area contributed by atoms with E-state index >= 15 is 0 Å². The number of ketones is 1. The van der Waals surface area contributed by atoms with E-state index in [1.165, 1.54) is 6.07 Å². The molecule has 5 heteroatoms. The van der Waals surface area contributed by atoms with E-state index in [1.807, 2.05) is 29.0 Å². The largest absolute Gasteiger partial charge is 0.481 e. The highest BCUT2D eigenvalue weighted by Crippen LogP contribution is 2.62. The molecule has 2 fully saturated rings. The van der Waals surface area contributed by atoms with Gasteiger partial charge in [-0.05, 0) is 71.9 Å². The fourth-order valence-electron chi connectivity index (χ4n) is 6.25. The number of carbonyl (C=O) groups excluding carboxylic acids is 1. The Morgan fingerprint density at radius 3 is 2.33 bits per heavy atom. The molecule has 0 unspecified atom stereocenters. The molecule has 0 atom stereocenters. The average Bonchev–Trinajstić information content (AvgIpc) is 3.27. The van der Waals surface area contributed by atoms with Gasteiger partial charge < -0.3 is 9.67 Å². The van der Waals surface area contributed by atoms with Gasteiger partial charge in [-0.25, -0.2) is 4.39 Å². The summed E-state index contributed by atoms with van der Waals surface area (Å²) >= 11 is 0. The molecule has 2 aliphatic carbocycles. The first-order valence-corrected chi connectivity index (χ1v) is 12.4. The van der Waals surface area contributed by atoms with Gasteiger partial charge in [0.15, 0.2) is 5.78 Å². The van der Waals surface area contributed by atoms with E-state index in [2.05, 4.69) is 36.4 Å². The molecular weight excluding hydrogens is 453 g/mol. The Kier molecular flexibility index (Phi) is 5.23. The van der Waals surface area contributed by atoms with Crippen molar-refractivity contribution in [3.63, 3.8) is 0 Å². The van der Waals surface area contributed by atoms with E-state index in [0.717, 1.165) is 29.5 Å². The molecule has 1 heterocycles. The van der Waals surface area contributed by atoms with Crippen molar-refractivity contribution in [3.05, 3.63) is 95.9 Å². The minimum absolute atomic E-state index is 0.0149. The average molecular weight is 483 g/mol.